The zero-order chi connectivity index (χ0) is 29.9. The maximum Gasteiger partial charge on any atom is 0.573 e. The maximum absolute atomic E-state index is 13.5. The molecule has 2 fully saturated rings. The standard InChI is InChI=1S/C29H36F3N3O5S/c1-19(2)34(3)22-12-13-26(21(16-22)18-41(38,39)24-10-5-4-6-11-24)35-15-14-25(28(35)37)33-27(36)20-8-7-9-23(17-20)40-29(30,31)32/h4-11,17,19,21-22,25-26H,12-16,18H2,1-3H3,(H,33,36)/t21-,22-,25+,26+/m1/s1. The smallest absolute Gasteiger partial charge is 0.406 e. The molecule has 8 nitrogen and oxygen atoms in total. The fraction of sp³-hybridized carbons (Fsp3) is 0.517. The highest BCUT2D eigenvalue weighted by molar-refractivity contribution is 7.91. The first kappa shape index (κ1) is 30.8. The largest absolute Gasteiger partial charge is 0.573 e. The number of alkyl halides is 3. The van der Waals surface area contributed by atoms with E-state index in [0.29, 0.717) is 25.8 Å². The van der Waals surface area contributed by atoms with Crippen LogP contribution in [0.15, 0.2) is 59.5 Å². The van der Waals surface area contributed by atoms with E-state index in [-0.39, 0.29) is 46.2 Å². The highest BCUT2D eigenvalue weighted by atomic mass is 32.2. The molecule has 0 radical (unpaired) electrons. The number of carbonyl (C=O) groups excluding carboxylic acids is 2. The van der Waals surface area contributed by atoms with Crippen molar-refractivity contribution in [1.29, 1.82) is 0 Å². The summed E-state index contributed by atoms with van der Waals surface area (Å²) in [5, 5.41) is 2.64. The van der Waals surface area contributed by atoms with Gasteiger partial charge in [-0.05, 0) is 82.8 Å². The van der Waals surface area contributed by atoms with E-state index in [9.17, 15) is 31.2 Å². The van der Waals surface area contributed by atoms with E-state index in [0.717, 1.165) is 18.6 Å². The van der Waals surface area contributed by atoms with Crippen LogP contribution in [0.4, 0.5) is 13.2 Å². The van der Waals surface area contributed by atoms with Crippen molar-refractivity contribution in [3.63, 3.8) is 0 Å². The van der Waals surface area contributed by atoms with Crippen LogP contribution in [0, 0.1) is 5.92 Å². The van der Waals surface area contributed by atoms with Gasteiger partial charge in [-0.15, -0.1) is 13.2 Å². The zero-order valence-corrected chi connectivity index (χ0v) is 24.1. The Kier molecular flexibility index (Phi) is 9.32. The molecule has 2 aromatic rings. The second kappa shape index (κ2) is 12.4. The van der Waals surface area contributed by atoms with Gasteiger partial charge in [0, 0.05) is 30.2 Å². The van der Waals surface area contributed by atoms with Gasteiger partial charge in [0.05, 0.1) is 10.6 Å². The van der Waals surface area contributed by atoms with Crippen molar-refractivity contribution in [3.8, 4) is 5.75 Å². The first-order valence-electron chi connectivity index (χ1n) is 13.7. The number of halogens is 3. The molecule has 1 saturated heterocycles. The Bertz CT molecular complexity index is 1340. The van der Waals surface area contributed by atoms with Crippen molar-refractivity contribution in [2.24, 2.45) is 5.92 Å². The molecule has 224 valence electrons. The normalized spacial score (nSPS) is 23.7. The maximum atomic E-state index is 13.5. The number of nitrogens with zero attached hydrogens (tertiary/aromatic N) is 2. The summed E-state index contributed by atoms with van der Waals surface area (Å²) in [7, 11) is -1.59. The zero-order valence-electron chi connectivity index (χ0n) is 23.3. The van der Waals surface area contributed by atoms with Gasteiger partial charge in [-0.2, -0.15) is 0 Å². The predicted molar refractivity (Wildman–Crippen MR) is 147 cm³/mol. The molecule has 0 bridgehead atoms. The number of ether oxygens (including phenoxy) is 1. The van der Waals surface area contributed by atoms with E-state index in [1.165, 1.54) is 12.1 Å². The average molecular weight is 596 g/mol. The number of hydrogen-bond donors (Lipinski definition) is 1. The molecule has 41 heavy (non-hydrogen) atoms. The van der Waals surface area contributed by atoms with E-state index in [2.05, 4.69) is 28.8 Å². The van der Waals surface area contributed by atoms with Crippen LogP contribution in [0.2, 0.25) is 0 Å². The number of benzene rings is 2. The van der Waals surface area contributed by atoms with Gasteiger partial charge in [-0.1, -0.05) is 24.3 Å². The lowest BCUT2D eigenvalue weighted by Gasteiger charge is -2.44. The van der Waals surface area contributed by atoms with Crippen molar-refractivity contribution >= 4 is 21.7 Å². The van der Waals surface area contributed by atoms with Gasteiger partial charge in [0.1, 0.15) is 11.8 Å². The van der Waals surface area contributed by atoms with Crippen LogP contribution in [0.3, 0.4) is 0 Å². The number of carbonyl (C=O) groups is 2. The fourth-order valence-corrected chi connectivity index (χ4v) is 7.54. The van der Waals surface area contributed by atoms with Gasteiger partial charge in [-0.3, -0.25) is 9.59 Å². The summed E-state index contributed by atoms with van der Waals surface area (Å²) in [6.45, 7) is 4.52. The fourth-order valence-electron chi connectivity index (χ4n) is 5.85. The van der Waals surface area contributed by atoms with Gasteiger partial charge in [-0.25, -0.2) is 8.42 Å². The van der Waals surface area contributed by atoms with Crippen molar-refractivity contribution in [3.05, 3.63) is 60.2 Å². The highest BCUT2D eigenvalue weighted by Crippen LogP contribution is 2.36. The Balaban J connectivity index is 1.49. The molecule has 1 saturated carbocycles. The van der Waals surface area contributed by atoms with Crippen LogP contribution in [0.1, 0.15) is 49.9 Å². The minimum atomic E-state index is -4.90. The summed E-state index contributed by atoms with van der Waals surface area (Å²) in [4.78, 5) is 30.5. The Morgan fingerprint density at radius 2 is 1.80 bits per heavy atom. The van der Waals surface area contributed by atoms with Crippen LogP contribution in [0.25, 0.3) is 0 Å². The number of amides is 2. The lowest BCUT2D eigenvalue weighted by Crippen LogP contribution is -2.53. The first-order chi connectivity index (χ1) is 19.2. The van der Waals surface area contributed by atoms with Crippen LogP contribution < -0.4 is 10.1 Å². The average Bonchev–Trinajstić information content (AvgIpc) is 3.27. The van der Waals surface area contributed by atoms with Crippen LogP contribution in [0.5, 0.6) is 5.75 Å². The van der Waals surface area contributed by atoms with Crippen molar-refractivity contribution < 1.29 is 35.9 Å². The molecule has 1 heterocycles. The minimum Gasteiger partial charge on any atom is -0.406 e. The van der Waals surface area contributed by atoms with E-state index in [1.807, 2.05) is 7.05 Å². The summed E-state index contributed by atoms with van der Waals surface area (Å²) in [6.07, 6.45) is -2.55. The van der Waals surface area contributed by atoms with Crippen LogP contribution in [-0.2, 0) is 14.6 Å². The summed E-state index contributed by atoms with van der Waals surface area (Å²) >= 11 is 0. The summed E-state index contributed by atoms with van der Waals surface area (Å²) < 4.78 is 68.4. The Morgan fingerprint density at radius 1 is 1.10 bits per heavy atom. The molecule has 2 aliphatic rings. The van der Waals surface area contributed by atoms with Gasteiger partial charge in [0.2, 0.25) is 5.91 Å². The Morgan fingerprint density at radius 3 is 2.46 bits per heavy atom. The van der Waals surface area contributed by atoms with E-state index in [1.54, 1.807) is 35.2 Å². The molecule has 4 rings (SSSR count). The lowest BCUT2D eigenvalue weighted by atomic mass is 9.81. The third kappa shape index (κ3) is 7.59. The van der Waals surface area contributed by atoms with Crippen LogP contribution in [-0.4, -0.2) is 79.9 Å². The summed E-state index contributed by atoms with van der Waals surface area (Å²) in [5.74, 6) is -1.95. The summed E-state index contributed by atoms with van der Waals surface area (Å²) in [5.41, 5.74) is -0.0675. The molecule has 1 N–H and O–H groups in total. The van der Waals surface area contributed by atoms with Gasteiger partial charge >= 0.3 is 6.36 Å². The molecule has 0 aromatic heterocycles. The molecule has 2 aromatic carbocycles. The molecule has 4 atom stereocenters. The molecule has 0 spiro atoms. The molecule has 12 heteroatoms. The lowest BCUT2D eigenvalue weighted by molar-refractivity contribution is -0.274. The predicted octanol–water partition coefficient (Wildman–Crippen LogP) is 4.27. The number of hydrogen-bond acceptors (Lipinski definition) is 6. The Labute approximate surface area is 238 Å². The molecule has 1 aliphatic carbocycles. The van der Waals surface area contributed by atoms with Crippen molar-refractivity contribution in [1.82, 2.24) is 15.1 Å². The SMILES string of the molecule is CC(C)N(C)[C@@H]1CC[C@H](N2CC[C@H](NC(=O)c3cccc(OC(F)(F)F)c3)C2=O)[C@@H](CS(=O)(=O)c2ccccc2)C1. The number of likely N-dealkylation sites (tertiary alicyclic amines) is 1. The molecular formula is C29H36F3N3O5S. The van der Waals surface area contributed by atoms with E-state index >= 15 is 0 Å². The monoisotopic (exact) mass is 595 g/mol. The minimum absolute atomic E-state index is 0.0675. The number of nitrogens with one attached hydrogen (secondary N) is 1. The van der Waals surface area contributed by atoms with Crippen molar-refractivity contribution in [2.75, 3.05) is 19.3 Å². The highest BCUT2D eigenvalue weighted by Gasteiger charge is 2.44. The molecule has 0 unspecified atom stereocenters. The van der Waals surface area contributed by atoms with E-state index < -0.39 is 33.9 Å². The third-order valence-corrected chi connectivity index (χ3v) is 9.97. The second-order valence-electron chi connectivity index (χ2n) is 11.1. The topological polar surface area (TPSA) is 96.0 Å². The van der Waals surface area contributed by atoms with Gasteiger partial charge in [0.25, 0.3) is 5.91 Å². The molecule has 2 amide bonds. The van der Waals surface area contributed by atoms with E-state index in [4.69, 9.17) is 0 Å². The molecular weight excluding hydrogens is 559 g/mol. The number of rotatable bonds is 9. The molecule has 1 aliphatic heterocycles. The quantitative estimate of drug-likeness (QED) is 0.466. The summed E-state index contributed by atoms with van der Waals surface area (Å²) in [6, 6.07) is 12.2. The third-order valence-electron chi connectivity index (χ3n) is 8.12. The van der Waals surface area contributed by atoms with Gasteiger partial charge < -0.3 is 19.9 Å². The first-order valence-corrected chi connectivity index (χ1v) is 15.4. The van der Waals surface area contributed by atoms with Gasteiger partial charge in [0.15, 0.2) is 9.84 Å². The Hall–Kier alpha value is -3.12. The number of sulfone groups is 1. The second-order valence-corrected chi connectivity index (χ2v) is 13.1. The van der Waals surface area contributed by atoms with Crippen molar-refractivity contribution in [2.45, 2.75) is 75.0 Å². The van der Waals surface area contributed by atoms with Crippen LogP contribution >= 0.6 is 0 Å².